The van der Waals surface area contributed by atoms with Crippen LogP contribution in [0.2, 0.25) is 0 Å². The van der Waals surface area contributed by atoms with Crippen LogP contribution in [0.3, 0.4) is 0 Å². The number of carbonyl (C=O) groups excluding carboxylic acids is 1. The van der Waals surface area contributed by atoms with Gasteiger partial charge in [0.25, 0.3) is 5.91 Å². The zero-order chi connectivity index (χ0) is 14.5. The molecule has 106 valence electrons. The lowest BCUT2D eigenvalue weighted by molar-refractivity contribution is 0.0537. The summed E-state index contributed by atoms with van der Waals surface area (Å²) in [6.07, 6.45) is 0. The van der Waals surface area contributed by atoms with Crippen LogP contribution in [0.15, 0.2) is 33.3 Å². The van der Waals surface area contributed by atoms with Crippen LogP contribution >= 0.6 is 15.9 Å². The smallest absolute Gasteiger partial charge is 0.274 e. The molecule has 1 amide bonds. The van der Waals surface area contributed by atoms with Crippen molar-refractivity contribution in [2.24, 2.45) is 0 Å². The van der Waals surface area contributed by atoms with Crippen LogP contribution in [0.5, 0.6) is 5.75 Å². The summed E-state index contributed by atoms with van der Waals surface area (Å²) in [5.41, 5.74) is 3.41. The molecule has 1 heterocycles. The number of hydroxylamine groups is 1. The number of aromatic nitrogens is 1. The molecular weight excluding hydrogens is 328 g/mol. The standard InChI is InChI=1S/C13H13BrN2O4/c1-8-5-10(15-20-8)7-19-12-4-3-9(6-11(12)14)13(17)16-18-2/h3-6H,7H2,1-2H3,(H,16,17). The van der Waals surface area contributed by atoms with Gasteiger partial charge < -0.3 is 9.26 Å². The summed E-state index contributed by atoms with van der Waals surface area (Å²) >= 11 is 3.36. The molecule has 0 radical (unpaired) electrons. The van der Waals surface area contributed by atoms with Gasteiger partial charge in [0, 0.05) is 11.6 Å². The Bertz CT molecular complexity index is 612. The van der Waals surface area contributed by atoms with Gasteiger partial charge in [0.2, 0.25) is 0 Å². The van der Waals surface area contributed by atoms with E-state index in [1.165, 1.54) is 7.11 Å². The molecule has 20 heavy (non-hydrogen) atoms. The number of nitrogens with one attached hydrogen (secondary N) is 1. The number of hydrogen-bond donors (Lipinski definition) is 1. The monoisotopic (exact) mass is 340 g/mol. The van der Waals surface area contributed by atoms with Crippen molar-refractivity contribution in [1.82, 2.24) is 10.6 Å². The highest BCUT2D eigenvalue weighted by molar-refractivity contribution is 9.10. The third-order valence-electron chi connectivity index (χ3n) is 2.44. The summed E-state index contributed by atoms with van der Waals surface area (Å²) in [6.45, 7) is 2.11. The Balaban J connectivity index is 2.04. The Hall–Kier alpha value is -1.86. The molecule has 2 rings (SSSR count). The molecule has 0 aliphatic carbocycles. The number of carbonyl (C=O) groups is 1. The molecular formula is C13H13BrN2O4. The second-order valence-electron chi connectivity index (χ2n) is 4.00. The third kappa shape index (κ3) is 3.58. The number of nitrogens with zero attached hydrogens (tertiary/aromatic N) is 1. The SMILES string of the molecule is CONC(=O)c1ccc(OCc2cc(C)on2)c(Br)c1. The summed E-state index contributed by atoms with van der Waals surface area (Å²) in [7, 11) is 1.38. The average Bonchev–Trinajstić information content (AvgIpc) is 2.83. The lowest BCUT2D eigenvalue weighted by atomic mass is 10.2. The molecule has 0 spiro atoms. The first kappa shape index (κ1) is 14.5. The highest BCUT2D eigenvalue weighted by Gasteiger charge is 2.10. The summed E-state index contributed by atoms with van der Waals surface area (Å²) < 4.78 is 11.2. The summed E-state index contributed by atoms with van der Waals surface area (Å²) in [5.74, 6) is 1.01. The quantitative estimate of drug-likeness (QED) is 0.847. The predicted octanol–water partition coefficient (Wildman–Crippen LogP) is 2.62. The molecule has 0 fully saturated rings. The molecule has 1 aromatic heterocycles. The lowest BCUT2D eigenvalue weighted by Gasteiger charge is -2.08. The zero-order valence-corrected chi connectivity index (χ0v) is 12.6. The van der Waals surface area contributed by atoms with E-state index < -0.39 is 0 Å². The van der Waals surface area contributed by atoms with Gasteiger partial charge in [-0.3, -0.25) is 9.63 Å². The Labute approximate surface area is 124 Å². The van der Waals surface area contributed by atoms with Gasteiger partial charge in [-0.2, -0.15) is 0 Å². The van der Waals surface area contributed by atoms with Crippen LogP contribution in [-0.2, 0) is 11.4 Å². The van der Waals surface area contributed by atoms with E-state index in [0.29, 0.717) is 28.1 Å². The van der Waals surface area contributed by atoms with Crippen molar-refractivity contribution in [3.05, 3.63) is 45.8 Å². The number of rotatable bonds is 5. The molecule has 0 aliphatic rings. The van der Waals surface area contributed by atoms with Gasteiger partial charge in [0.05, 0.1) is 11.6 Å². The Morgan fingerprint density at radius 2 is 2.25 bits per heavy atom. The van der Waals surface area contributed by atoms with Gasteiger partial charge >= 0.3 is 0 Å². The Morgan fingerprint density at radius 1 is 1.45 bits per heavy atom. The van der Waals surface area contributed by atoms with E-state index in [4.69, 9.17) is 9.26 Å². The van der Waals surface area contributed by atoms with Crippen LogP contribution in [-0.4, -0.2) is 18.2 Å². The van der Waals surface area contributed by atoms with E-state index in [1.807, 2.05) is 6.92 Å². The van der Waals surface area contributed by atoms with Crippen LogP contribution in [0.25, 0.3) is 0 Å². The van der Waals surface area contributed by atoms with Gasteiger partial charge in [0.15, 0.2) is 0 Å². The minimum absolute atomic E-state index is 0.291. The van der Waals surface area contributed by atoms with Crippen LogP contribution in [0.4, 0.5) is 0 Å². The minimum atomic E-state index is -0.327. The largest absolute Gasteiger partial charge is 0.486 e. The number of benzene rings is 1. The van der Waals surface area contributed by atoms with Gasteiger partial charge in [0.1, 0.15) is 23.8 Å². The molecule has 6 nitrogen and oxygen atoms in total. The zero-order valence-electron chi connectivity index (χ0n) is 11.0. The second kappa shape index (κ2) is 6.53. The predicted molar refractivity (Wildman–Crippen MR) is 74.2 cm³/mol. The number of hydrogen-bond acceptors (Lipinski definition) is 5. The van der Waals surface area contributed by atoms with Crippen molar-refractivity contribution < 1.29 is 18.9 Å². The van der Waals surface area contributed by atoms with Crippen molar-refractivity contribution in [2.75, 3.05) is 7.11 Å². The van der Waals surface area contributed by atoms with Crippen molar-refractivity contribution >= 4 is 21.8 Å². The highest BCUT2D eigenvalue weighted by atomic mass is 79.9. The first-order valence-corrected chi connectivity index (χ1v) is 6.57. The fourth-order valence-electron chi connectivity index (χ4n) is 1.55. The van der Waals surface area contributed by atoms with E-state index in [-0.39, 0.29) is 5.91 Å². The van der Waals surface area contributed by atoms with Gasteiger partial charge in [-0.25, -0.2) is 5.48 Å². The fraction of sp³-hybridized carbons (Fsp3) is 0.231. The van der Waals surface area contributed by atoms with Crippen molar-refractivity contribution in [2.45, 2.75) is 13.5 Å². The maximum absolute atomic E-state index is 11.6. The molecule has 0 bridgehead atoms. The number of ether oxygens (including phenoxy) is 1. The molecule has 1 aromatic carbocycles. The first-order valence-electron chi connectivity index (χ1n) is 5.78. The number of halogens is 1. The topological polar surface area (TPSA) is 73.6 Å². The van der Waals surface area contributed by atoms with E-state index >= 15 is 0 Å². The van der Waals surface area contributed by atoms with Gasteiger partial charge in [-0.1, -0.05) is 5.16 Å². The van der Waals surface area contributed by atoms with E-state index in [1.54, 1.807) is 24.3 Å². The minimum Gasteiger partial charge on any atom is -0.486 e. The average molecular weight is 341 g/mol. The van der Waals surface area contributed by atoms with Crippen LogP contribution in [0, 0.1) is 6.92 Å². The molecule has 0 unspecified atom stereocenters. The van der Waals surface area contributed by atoms with E-state index in [9.17, 15) is 4.79 Å². The van der Waals surface area contributed by atoms with Crippen LogP contribution in [0.1, 0.15) is 21.8 Å². The first-order chi connectivity index (χ1) is 9.60. The van der Waals surface area contributed by atoms with Gasteiger partial charge in [-0.05, 0) is 41.1 Å². The molecule has 0 aliphatic heterocycles. The Kier molecular flexibility index (Phi) is 4.75. The molecule has 0 saturated heterocycles. The van der Waals surface area contributed by atoms with Crippen molar-refractivity contribution in [3.8, 4) is 5.75 Å². The molecule has 2 aromatic rings. The second-order valence-corrected chi connectivity index (χ2v) is 4.85. The van der Waals surface area contributed by atoms with E-state index in [0.717, 1.165) is 5.76 Å². The fourth-order valence-corrected chi connectivity index (χ4v) is 2.04. The van der Waals surface area contributed by atoms with Crippen LogP contribution < -0.4 is 10.2 Å². The maximum Gasteiger partial charge on any atom is 0.274 e. The molecule has 0 saturated carbocycles. The van der Waals surface area contributed by atoms with E-state index in [2.05, 4.69) is 31.4 Å². The maximum atomic E-state index is 11.6. The Morgan fingerprint density at radius 3 is 2.85 bits per heavy atom. The number of amides is 1. The summed E-state index contributed by atoms with van der Waals surface area (Å²) in [4.78, 5) is 16.1. The highest BCUT2D eigenvalue weighted by Crippen LogP contribution is 2.26. The summed E-state index contributed by atoms with van der Waals surface area (Å²) in [5, 5.41) is 3.83. The number of aryl methyl sites for hydroxylation is 1. The summed E-state index contributed by atoms with van der Waals surface area (Å²) in [6, 6.07) is 6.79. The molecule has 1 N–H and O–H groups in total. The molecule has 7 heteroatoms. The molecule has 0 atom stereocenters. The normalized spacial score (nSPS) is 10.3. The third-order valence-corrected chi connectivity index (χ3v) is 3.06. The van der Waals surface area contributed by atoms with Gasteiger partial charge in [-0.15, -0.1) is 0 Å². The van der Waals surface area contributed by atoms with Crippen molar-refractivity contribution in [3.63, 3.8) is 0 Å². The van der Waals surface area contributed by atoms with Crippen molar-refractivity contribution in [1.29, 1.82) is 0 Å². The lowest BCUT2D eigenvalue weighted by Crippen LogP contribution is -2.21.